The molecule has 0 saturated carbocycles. The van der Waals surface area contributed by atoms with Crippen LogP contribution in [-0.2, 0) is 0 Å². The zero-order valence-corrected chi connectivity index (χ0v) is 13.2. The number of hydrogen-bond acceptors (Lipinski definition) is 6. The van der Waals surface area contributed by atoms with E-state index in [1.165, 1.54) is 4.90 Å². The smallest absolute Gasteiger partial charge is 0.407 e. The Hall–Kier alpha value is -2.68. The van der Waals surface area contributed by atoms with Gasteiger partial charge in [0, 0.05) is 19.1 Å². The summed E-state index contributed by atoms with van der Waals surface area (Å²) in [6, 6.07) is 2.93. The van der Waals surface area contributed by atoms with Gasteiger partial charge in [0.05, 0.1) is 10.4 Å². The van der Waals surface area contributed by atoms with Gasteiger partial charge in [-0.3, -0.25) is 10.1 Å². The number of anilines is 1. The molecule has 1 amide bonds. The third-order valence-electron chi connectivity index (χ3n) is 3.90. The first-order valence-corrected chi connectivity index (χ1v) is 7.67. The summed E-state index contributed by atoms with van der Waals surface area (Å²) in [4.78, 5) is 31.4. The van der Waals surface area contributed by atoms with Gasteiger partial charge in [0.1, 0.15) is 22.6 Å². The molecular formula is C14H14ClN5O4. The highest BCUT2D eigenvalue weighted by atomic mass is 35.5. The molecule has 3 heterocycles. The molecule has 2 aromatic heterocycles. The number of nitrogens with one attached hydrogen (secondary N) is 1. The minimum atomic E-state index is -1.00. The Morgan fingerprint density at radius 2 is 2.29 bits per heavy atom. The SMILES string of the molecule is O=C(O)N1CCCC(Nc2c([N+](=O)[O-])cnc3ccc(Cl)nc23)C1. The number of nitro groups is 1. The van der Waals surface area contributed by atoms with Gasteiger partial charge in [0.25, 0.3) is 0 Å². The third kappa shape index (κ3) is 3.16. The van der Waals surface area contributed by atoms with Gasteiger partial charge in [0.15, 0.2) is 0 Å². The van der Waals surface area contributed by atoms with Crippen molar-refractivity contribution in [2.24, 2.45) is 0 Å². The van der Waals surface area contributed by atoms with Crippen LogP contribution in [0.4, 0.5) is 16.2 Å². The Kier molecular flexibility index (Phi) is 4.34. The topological polar surface area (TPSA) is 121 Å². The number of halogens is 1. The van der Waals surface area contributed by atoms with Gasteiger partial charge in [-0.25, -0.2) is 14.8 Å². The number of piperidine rings is 1. The highest BCUT2D eigenvalue weighted by molar-refractivity contribution is 6.29. The van der Waals surface area contributed by atoms with Crippen LogP contribution < -0.4 is 5.32 Å². The fourth-order valence-corrected chi connectivity index (χ4v) is 2.93. The molecule has 9 nitrogen and oxygen atoms in total. The lowest BCUT2D eigenvalue weighted by Gasteiger charge is -2.31. The molecule has 2 N–H and O–H groups in total. The predicted molar refractivity (Wildman–Crippen MR) is 87.4 cm³/mol. The van der Waals surface area contributed by atoms with Gasteiger partial charge in [0.2, 0.25) is 0 Å². The third-order valence-corrected chi connectivity index (χ3v) is 4.11. The maximum atomic E-state index is 11.3. The monoisotopic (exact) mass is 351 g/mol. The average Bonchev–Trinajstić information content (AvgIpc) is 2.55. The summed E-state index contributed by atoms with van der Waals surface area (Å²) in [6.45, 7) is 0.702. The largest absolute Gasteiger partial charge is 0.465 e. The second kappa shape index (κ2) is 6.44. The van der Waals surface area contributed by atoms with Crippen molar-refractivity contribution in [2.45, 2.75) is 18.9 Å². The molecule has 1 aliphatic rings. The van der Waals surface area contributed by atoms with E-state index >= 15 is 0 Å². The van der Waals surface area contributed by atoms with Crippen LogP contribution in [-0.4, -0.2) is 50.1 Å². The van der Waals surface area contributed by atoms with Crippen molar-refractivity contribution in [1.29, 1.82) is 0 Å². The quantitative estimate of drug-likeness (QED) is 0.495. The van der Waals surface area contributed by atoms with Crippen LogP contribution in [0.2, 0.25) is 5.15 Å². The van der Waals surface area contributed by atoms with E-state index in [4.69, 9.17) is 16.7 Å². The fraction of sp³-hybridized carbons (Fsp3) is 0.357. The van der Waals surface area contributed by atoms with Crippen LogP contribution in [0.5, 0.6) is 0 Å². The lowest BCUT2D eigenvalue weighted by Crippen LogP contribution is -2.44. The van der Waals surface area contributed by atoms with E-state index in [1.807, 2.05) is 0 Å². The summed E-state index contributed by atoms with van der Waals surface area (Å²) >= 11 is 5.91. The van der Waals surface area contributed by atoms with Gasteiger partial charge in [-0.15, -0.1) is 0 Å². The van der Waals surface area contributed by atoms with Crippen LogP contribution in [0, 0.1) is 10.1 Å². The van der Waals surface area contributed by atoms with Crippen LogP contribution >= 0.6 is 11.6 Å². The molecule has 3 rings (SSSR count). The van der Waals surface area contributed by atoms with E-state index in [0.717, 1.165) is 6.20 Å². The molecule has 1 aliphatic heterocycles. The fourth-order valence-electron chi connectivity index (χ4n) is 2.79. The van der Waals surface area contributed by atoms with Crippen molar-refractivity contribution in [2.75, 3.05) is 18.4 Å². The number of likely N-dealkylation sites (tertiary alicyclic amines) is 1. The summed E-state index contributed by atoms with van der Waals surface area (Å²) in [6.07, 6.45) is 1.54. The second-order valence-corrected chi connectivity index (χ2v) is 5.88. The first-order valence-electron chi connectivity index (χ1n) is 7.30. The van der Waals surface area contributed by atoms with Crippen molar-refractivity contribution in [1.82, 2.24) is 14.9 Å². The van der Waals surface area contributed by atoms with Crippen molar-refractivity contribution >= 4 is 40.1 Å². The Labute approximate surface area is 141 Å². The molecule has 1 fully saturated rings. The summed E-state index contributed by atoms with van der Waals surface area (Å²) in [5, 5.41) is 23.7. The van der Waals surface area contributed by atoms with E-state index in [1.54, 1.807) is 12.1 Å². The van der Waals surface area contributed by atoms with Gasteiger partial charge in [-0.05, 0) is 25.0 Å². The Morgan fingerprint density at radius 1 is 1.50 bits per heavy atom. The van der Waals surface area contributed by atoms with Crippen LogP contribution in [0.15, 0.2) is 18.3 Å². The molecule has 1 atom stereocenters. The average molecular weight is 352 g/mol. The predicted octanol–water partition coefficient (Wildman–Crippen LogP) is 2.75. The summed E-state index contributed by atoms with van der Waals surface area (Å²) in [7, 11) is 0. The van der Waals surface area contributed by atoms with E-state index in [-0.39, 0.29) is 29.1 Å². The Bertz CT molecular complexity index is 815. The molecule has 0 bridgehead atoms. The van der Waals surface area contributed by atoms with Crippen LogP contribution in [0.25, 0.3) is 11.0 Å². The van der Waals surface area contributed by atoms with Crippen molar-refractivity contribution in [3.05, 3.63) is 33.6 Å². The lowest BCUT2D eigenvalue weighted by atomic mass is 10.1. The molecule has 0 aliphatic carbocycles. The number of carbonyl (C=O) groups is 1. The first-order chi connectivity index (χ1) is 11.5. The van der Waals surface area contributed by atoms with Crippen LogP contribution in [0.3, 0.4) is 0 Å². The van der Waals surface area contributed by atoms with E-state index in [2.05, 4.69) is 15.3 Å². The van der Waals surface area contributed by atoms with Crippen LogP contribution in [0.1, 0.15) is 12.8 Å². The molecular weight excluding hydrogens is 338 g/mol. The van der Waals surface area contributed by atoms with Gasteiger partial charge >= 0.3 is 11.8 Å². The zero-order chi connectivity index (χ0) is 17.3. The minimum absolute atomic E-state index is 0.198. The molecule has 1 unspecified atom stereocenters. The lowest BCUT2D eigenvalue weighted by molar-refractivity contribution is -0.384. The van der Waals surface area contributed by atoms with Gasteiger partial charge in [-0.1, -0.05) is 11.6 Å². The number of rotatable bonds is 3. The van der Waals surface area contributed by atoms with Crippen molar-refractivity contribution in [3.8, 4) is 0 Å². The number of aromatic nitrogens is 2. The second-order valence-electron chi connectivity index (χ2n) is 5.49. The molecule has 0 aromatic carbocycles. The van der Waals surface area contributed by atoms with Crippen molar-refractivity contribution in [3.63, 3.8) is 0 Å². The maximum absolute atomic E-state index is 11.3. The van der Waals surface area contributed by atoms with Crippen molar-refractivity contribution < 1.29 is 14.8 Å². The van der Waals surface area contributed by atoms with Gasteiger partial charge < -0.3 is 15.3 Å². The number of amides is 1. The molecule has 1 saturated heterocycles. The summed E-state index contributed by atoms with van der Waals surface area (Å²) in [5.41, 5.74) is 0.761. The highest BCUT2D eigenvalue weighted by Gasteiger charge is 2.27. The molecule has 10 heteroatoms. The maximum Gasteiger partial charge on any atom is 0.407 e. The number of hydrogen-bond donors (Lipinski definition) is 2. The number of nitrogens with zero attached hydrogens (tertiary/aromatic N) is 4. The standard InChI is InChI=1S/C14H14ClN5O4/c15-11-4-3-9-12(18-11)13(10(6-16-9)20(23)24)17-8-2-1-5-19(7-8)14(21)22/h3-4,6,8H,1-2,5,7H2,(H,16,17)(H,21,22). The zero-order valence-electron chi connectivity index (χ0n) is 12.5. The molecule has 126 valence electrons. The van der Waals surface area contributed by atoms with E-state index in [9.17, 15) is 14.9 Å². The summed E-state index contributed by atoms with van der Waals surface area (Å²) < 4.78 is 0. The number of carboxylic acid groups (broad SMARTS) is 1. The Balaban J connectivity index is 2.00. The minimum Gasteiger partial charge on any atom is -0.465 e. The number of fused-ring (bicyclic) bond motifs is 1. The normalized spacial score (nSPS) is 17.7. The highest BCUT2D eigenvalue weighted by Crippen LogP contribution is 2.32. The summed E-state index contributed by atoms with van der Waals surface area (Å²) in [5.74, 6) is 0. The first kappa shape index (κ1) is 16.2. The van der Waals surface area contributed by atoms with Gasteiger partial charge in [-0.2, -0.15) is 0 Å². The molecule has 0 spiro atoms. The number of pyridine rings is 2. The Morgan fingerprint density at radius 3 is 3.00 bits per heavy atom. The molecule has 24 heavy (non-hydrogen) atoms. The molecule has 2 aromatic rings. The van der Waals surface area contributed by atoms with E-state index in [0.29, 0.717) is 30.4 Å². The molecule has 0 radical (unpaired) electrons. The van der Waals surface area contributed by atoms with E-state index < -0.39 is 11.0 Å².